The van der Waals surface area contributed by atoms with Gasteiger partial charge >= 0.3 is 5.97 Å². The Kier molecular flexibility index (Phi) is 4.29. The van der Waals surface area contributed by atoms with Crippen LogP contribution in [-0.4, -0.2) is 21.2 Å². The number of benzene rings is 1. The van der Waals surface area contributed by atoms with Crippen LogP contribution < -0.4 is 0 Å². The summed E-state index contributed by atoms with van der Waals surface area (Å²) in [4.78, 5) is 15.3. The van der Waals surface area contributed by atoms with Crippen LogP contribution in [0.3, 0.4) is 0 Å². The molecular formula is C16H11FN2O3S. The molecule has 0 atom stereocenters. The standard InChI is InChI=1S/C16H11FN2O3S/c17-13-3-1-10(2-4-13)7-12(8-14(20)21)16-18-15(19-22-16)11-5-6-23-9-11/h1-7,9H,8H2,(H,20,21)/b12-7+. The molecule has 0 fully saturated rings. The Morgan fingerprint density at radius 2 is 2.09 bits per heavy atom. The Morgan fingerprint density at radius 3 is 2.74 bits per heavy atom. The molecule has 0 saturated heterocycles. The van der Waals surface area contributed by atoms with Crippen molar-refractivity contribution in [1.29, 1.82) is 0 Å². The van der Waals surface area contributed by atoms with Crippen LogP contribution in [0, 0.1) is 5.82 Å². The Bertz CT molecular complexity index is 839. The number of carbonyl (C=O) groups is 1. The van der Waals surface area contributed by atoms with Gasteiger partial charge in [0.2, 0.25) is 5.82 Å². The number of rotatable bonds is 5. The Labute approximate surface area is 134 Å². The summed E-state index contributed by atoms with van der Waals surface area (Å²) < 4.78 is 18.1. The number of thiophene rings is 1. The summed E-state index contributed by atoms with van der Waals surface area (Å²) in [5.74, 6) is -0.845. The van der Waals surface area contributed by atoms with Crippen LogP contribution in [-0.2, 0) is 4.79 Å². The minimum absolute atomic E-state index is 0.137. The van der Waals surface area contributed by atoms with E-state index in [9.17, 15) is 9.18 Å². The van der Waals surface area contributed by atoms with Crippen molar-refractivity contribution < 1.29 is 18.8 Å². The Morgan fingerprint density at radius 1 is 1.30 bits per heavy atom. The first kappa shape index (κ1) is 15.1. The monoisotopic (exact) mass is 330 g/mol. The van der Waals surface area contributed by atoms with Crippen LogP contribution >= 0.6 is 11.3 Å². The highest BCUT2D eigenvalue weighted by Gasteiger charge is 2.16. The smallest absolute Gasteiger partial charge is 0.308 e. The fourth-order valence-corrected chi connectivity index (χ4v) is 2.61. The Hall–Kier alpha value is -2.80. The van der Waals surface area contributed by atoms with E-state index >= 15 is 0 Å². The normalized spacial score (nSPS) is 11.6. The lowest BCUT2D eigenvalue weighted by Crippen LogP contribution is -1.97. The predicted octanol–water partition coefficient (Wildman–Crippen LogP) is 3.95. The summed E-state index contributed by atoms with van der Waals surface area (Å²) in [6, 6.07) is 7.55. The van der Waals surface area contributed by atoms with E-state index in [0.717, 1.165) is 5.56 Å². The maximum Gasteiger partial charge on any atom is 0.308 e. The van der Waals surface area contributed by atoms with Gasteiger partial charge in [0.05, 0.1) is 6.42 Å². The third-order valence-electron chi connectivity index (χ3n) is 3.03. The van der Waals surface area contributed by atoms with Gasteiger partial charge in [0.15, 0.2) is 0 Å². The second-order valence-corrected chi connectivity index (χ2v) is 5.51. The molecule has 23 heavy (non-hydrogen) atoms. The topological polar surface area (TPSA) is 76.2 Å². The maximum atomic E-state index is 13.0. The number of hydrogen-bond acceptors (Lipinski definition) is 5. The zero-order chi connectivity index (χ0) is 16.2. The number of aliphatic carboxylic acids is 1. The predicted molar refractivity (Wildman–Crippen MR) is 84.1 cm³/mol. The molecule has 0 saturated carbocycles. The van der Waals surface area contributed by atoms with Crippen LogP contribution in [0.5, 0.6) is 0 Å². The van der Waals surface area contributed by atoms with Crippen molar-refractivity contribution in [1.82, 2.24) is 10.1 Å². The molecular weight excluding hydrogens is 319 g/mol. The molecule has 0 bridgehead atoms. The molecule has 3 rings (SSSR count). The second-order valence-electron chi connectivity index (χ2n) is 4.73. The molecule has 1 aromatic carbocycles. The van der Waals surface area contributed by atoms with E-state index in [0.29, 0.717) is 17.0 Å². The summed E-state index contributed by atoms with van der Waals surface area (Å²) in [6.07, 6.45) is 1.32. The van der Waals surface area contributed by atoms with Crippen molar-refractivity contribution in [2.45, 2.75) is 6.42 Å². The van der Waals surface area contributed by atoms with Crippen molar-refractivity contribution in [3.63, 3.8) is 0 Å². The van der Waals surface area contributed by atoms with Crippen molar-refractivity contribution in [3.8, 4) is 11.4 Å². The van der Waals surface area contributed by atoms with E-state index in [2.05, 4.69) is 10.1 Å². The number of carboxylic acids is 1. The van der Waals surface area contributed by atoms with E-state index in [4.69, 9.17) is 9.63 Å². The van der Waals surface area contributed by atoms with Crippen molar-refractivity contribution >= 4 is 29.0 Å². The first-order valence-corrected chi connectivity index (χ1v) is 7.60. The summed E-state index contributed by atoms with van der Waals surface area (Å²) in [5.41, 5.74) is 1.82. The summed E-state index contributed by atoms with van der Waals surface area (Å²) in [5, 5.41) is 16.7. The molecule has 0 radical (unpaired) electrons. The Balaban J connectivity index is 1.96. The molecule has 7 heteroatoms. The molecule has 2 heterocycles. The lowest BCUT2D eigenvalue weighted by Gasteiger charge is -2.00. The zero-order valence-corrected chi connectivity index (χ0v) is 12.6. The maximum absolute atomic E-state index is 13.0. The third kappa shape index (κ3) is 3.70. The van der Waals surface area contributed by atoms with E-state index in [-0.39, 0.29) is 18.1 Å². The van der Waals surface area contributed by atoms with Crippen LogP contribution in [0.1, 0.15) is 17.9 Å². The van der Waals surface area contributed by atoms with Gasteiger partial charge in [-0.1, -0.05) is 17.3 Å². The van der Waals surface area contributed by atoms with Crippen LogP contribution in [0.15, 0.2) is 45.6 Å². The minimum atomic E-state index is -1.02. The molecule has 0 spiro atoms. The second kappa shape index (κ2) is 6.53. The fraction of sp³-hybridized carbons (Fsp3) is 0.0625. The lowest BCUT2D eigenvalue weighted by atomic mass is 10.1. The highest BCUT2D eigenvalue weighted by atomic mass is 32.1. The molecule has 0 unspecified atom stereocenters. The number of nitrogens with zero attached hydrogens (tertiary/aromatic N) is 2. The third-order valence-corrected chi connectivity index (χ3v) is 3.72. The molecule has 2 aromatic heterocycles. The van der Waals surface area contributed by atoms with Crippen molar-refractivity contribution in [2.24, 2.45) is 0 Å². The van der Waals surface area contributed by atoms with Gasteiger partial charge in [-0.05, 0) is 35.2 Å². The van der Waals surface area contributed by atoms with Crippen LogP contribution in [0.4, 0.5) is 4.39 Å². The molecule has 0 aliphatic carbocycles. The largest absolute Gasteiger partial charge is 0.481 e. The zero-order valence-electron chi connectivity index (χ0n) is 11.8. The molecule has 1 N–H and O–H groups in total. The van der Waals surface area contributed by atoms with Gasteiger partial charge in [0, 0.05) is 16.5 Å². The quantitative estimate of drug-likeness (QED) is 0.766. The van der Waals surface area contributed by atoms with Gasteiger partial charge in [-0.25, -0.2) is 4.39 Å². The molecule has 0 amide bonds. The first-order chi connectivity index (χ1) is 11.1. The average molecular weight is 330 g/mol. The van der Waals surface area contributed by atoms with Crippen molar-refractivity contribution in [3.05, 3.63) is 58.4 Å². The van der Waals surface area contributed by atoms with Gasteiger partial charge in [-0.2, -0.15) is 16.3 Å². The fourth-order valence-electron chi connectivity index (χ4n) is 1.97. The molecule has 116 valence electrons. The van der Waals surface area contributed by atoms with E-state index in [1.165, 1.54) is 23.5 Å². The first-order valence-electron chi connectivity index (χ1n) is 6.66. The minimum Gasteiger partial charge on any atom is -0.481 e. The number of carboxylic acid groups (broad SMARTS) is 1. The average Bonchev–Trinajstić information content (AvgIpc) is 3.19. The van der Waals surface area contributed by atoms with E-state index in [1.54, 1.807) is 18.2 Å². The van der Waals surface area contributed by atoms with E-state index in [1.807, 2.05) is 16.8 Å². The molecule has 0 aliphatic rings. The van der Waals surface area contributed by atoms with Gasteiger partial charge in [-0.15, -0.1) is 0 Å². The molecule has 0 aliphatic heterocycles. The van der Waals surface area contributed by atoms with E-state index < -0.39 is 5.97 Å². The van der Waals surface area contributed by atoms with Crippen molar-refractivity contribution in [2.75, 3.05) is 0 Å². The summed E-state index contributed by atoms with van der Waals surface area (Å²) in [7, 11) is 0. The number of halogens is 1. The van der Waals surface area contributed by atoms with Gasteiger partial charge in [0.25, 0.3) is 5.89 Å². The van der Waals surface area contributed by atoms with Gasteiger partial charge < -0.3 is 9.63 Å². The van der Waals surface area contributed by atoms with Gasteiger partial charge in [0.1, 0.15) is 5.82 Å². The summed E-state index contributed by atoms with van der Waals surface area (Å²) >= 11 is 1.50. The van der Waals surface area contributed by atoms with Crippen LogP contribution in [0.2, 0.25) is 0 Å². The molecule has 3 aromatic rings. The highest BCUT2D eigenvalue weighted by Crippen LogP contribution is 2.24. The van der Waals surface area contributed by atoms with Gasteiger partial charge in [-0.3, -0.25) is 4.79 Å². The SMILES string of the molecule is O=C(O)C/C(=C\c1ccc(F)cc1)c1nc(-c2ccsc2)no1. The van der Waals surface area contributed by atoms with Crippen LogP contribution in [0.25, 0.3) is 23.0 Å². The highest BCUT2D eigenvalue weighted by molar-refractivity contribution is 7.08. The number of hydrogen-bond donors (Lipinski definition) is 1. The number of aromatic nitrogens is 2. The lowest BCUT2D eigenvalue weighted by molar-refractivity contribution is -0.135. The molecule has 5 nitrogen and oxygen atoms in total. The summed E-state index contributed by atoms with van der Waals surface area (Å²) in [6.45, 7) is 0.